The third-order valence-corrected chi connectivity index (χ3v) is 7.11. The Morgan fingerprint density at radius 2 is 1.97 bits per heavy atom. The largest absolute Gasteiger partial charge is 0.497 e. The van der Waals surface area contributed by atoms with Crippen LogP contribution in [0.15, 0.2) is 24.3 Å². The van der Waals surface area contributed by atoms with Crippen LogP contribution in [0.2, 0.25) is 0 Å². The van der Waals surface area contributed by atoms with E-state index in [1.54, 1.807) is 36.3 Å². The SMILES string of the molecule is CC[C@@H](O)C1CCN(C(=O)C[C@@]2(c3cccc(OC)c3)CC(=O)N(CCN(C)C)C2=O)CC1. The highest BCUT2D eigenvalue weighted by molar-refractivity contribution is 6.10. The Morgan fingerprint density at radius 1 is 1.27 bits per heavy atom. The van der Waals surface area contributed by atoms with Crippen LogP contribution in [-0.2, 0) is 19.8 Å². The van der Waals surface area contributed by atoms with Crippen LogP contribution in [0.3, 0.4) is 0 Å². The lowest BCUT2D eigenvalue weighted by Crippen LogP contribution is -2.47. The zero-order valence-corrected chi connectivity index (χ0v) is 20.2. The van der Waals surface area contributed by atoms with Gasteiger partial charge in [-0.2, -0.15) is 0 Å². The van der Waals surface area contributed by atoms with Crippen molar-refractivity contribution < 1.29 is 24.2 Å². The van der Waals surface area contributed by atoms with Crippen LogP contribution in [0.25, 0.3) is 0 Å². The monoisotopic (exact) mass is 459 g/mol. The maximum Gasteiger partial charge on any atom is 0.240 e. The van der Waals surface area contributed by atoms with Gasteiger partial charge in [0.2, 0.25) is 17.7 Å². The molecule has 1 aromatic carbocycles. The first-order valence-electron chi connectivity index (χ1n) is 11.8. The number of imide groups is 1. The number of aliphatic hydroxyl groups is 1. The average Bonchev–Trinajstić information content (AvgIpc) is 3.06. The number of hydrogen-bond donors (Lipinski definition) is 1. The molecule has 2 saturated heterocycles. The molecule has 33 heavy (non-hydrogen) atoms. The summed E-state index contributed by atoms with van der Waals surface area (Å²) in [5, 5.41) is 10.2. The number of carbonyl (C=O) groups excluding carboxylic acids is 3. The second kappa shape index (κ2) is 10.7. The molecule has 8 heteroatoms. The number of ether oxygens (including phenoxy) is 1. The van der Waals surface area contributed by atoms with Crippen LogP contribution in [-0.4, -0.2) is 91.0 Å². The van der Waals surface area contributed by atoms with Gasteiger partial charge in [0.15, 0.2) is 0 Å². The Bertz CT molecular complexity index is 865. The predicted octanol–water partition coefficient (Wildman–Crippen LogP) is 1.65. The van der Waals surface area contributed by atoms with Gasteiger partial charge < -0.3 is 19.6 Å². The number of hydrogen-bond acceptors (Lipinski definition) is 6. The molecule has 8 nitrogen and oxygen atoms in total. The number of piperidine rings is 1. The lowest BCUT2D eigenvalue weighted by atomic mass is 9.75. The van der Waals surface area contributed by atoms with E-state index < -0.39 is 5.41 Å². The van der Waals surface area contributed by atoms with Gasteiger partial charge in [-0.25, -0.2) is 0 Å². The van der Waals surface area contributed by atoms with Crippen molar-refractivity contribution in [3.05, 3.63) is 29.8 Å². The van der Waals surface area contributed by atoms with Gasteiger partial charge in [0, 0.05) is 39.0 Å². The van der Waals surface area contributed by atoms with E-state index in [9.17, 15) is 19.5 Å². The summed E-state index contributed by atoms with van der Waals surface area (Å²) in [4.78, 5) is 45.0. The summed E-state index contributed by atoms with van der Waals surface area (Å²) < 4.78 is 5.36. The molecule has 0 bridgehead atoms. The first-order chi connectivity index (χ1) is 15.7. The van der Waals surface area contributed by atoms with E-state index in [0.717, 1.165) is 12.8 Å². The molecule has 1 N–H and O–H groups in total. The van der Waals surface area contributed by atoms with E-state index in [4.69, 9.17) is 4.74 Å². The lowest BCUT2D eigenvalue weighted by molar-refractivity contribution is -0.143. The lowest BCUT2D eigenvalue weighted by Gasteiger charge is -2.36. The Balaban J connectivity index is 1.85. The third kappa shape index (κ3) is 5.38. The summed E-state index contributed by atoms with van der Waals surface area (Å²) in [6.45, 7) is 3.94. The van der Waals surface area contributed by atoms with Gasteiger partial charge in [0.25, 0.3) is 0 Å². The molecule has 1 aromatic rings. The summed E-state index contributed by atoms with van der Waals surface area (Å²) in [6.07, 6.45) is 1.78. The topological polar surface area (TPSA) is 90.4 Å². The highest BCUT2D eigenvalue weighted by Crippen LogP contribution is 2.41. The number of benzene rings is 1. The standard InChI is InChI=1S/C25H37N3O5/c1-5-21(29)18-9-11-27(12-10-18)22(30)16-25(19-7-6-8-20(15-19)33-4)17-23(31)28(24(25)32)14-13-26(2)3/h6-8,15,18,21,29H,5,9-14,16-17H2,1-4H3/t21-,25+/m1/s1. The number of aliphatic hydroxyl groups excluding tert-OH is 1. The number of methoxy groups -OCH3 is 1. The minimum atomic E-state index is -1.23. The average molecular weight is 460 g/mol. The number of carbonyl (C=O) groups is 3. The Kier molecular flexibility index (Phi) is 8.13. The maximum absolute atomic E-state index is 13.7. The second-order valence-corrected chi connectivity index (χ2v) is 9.52. The summed E-state index contributed by atoms with van der Waals surface area (Å²) in [5.74, 6) is 0.0932. The summed E-state index contributed by atoms with van der Waals surface area (Å²) in [7, 11) is 5.34. The quantitative estimate of drug-likeness (QED) is 0.565. The second-order valence-electron chi connectivity index (χ2n) is 9.52. The molecule has 0 unspecified atom stereocenters. The van der Waals surface area contributed by atoms with Crippen LogP contribution in [0.4, 0.5) is 0 Å². The van der Waals surface area contributed by atoms with E-state index in [2.05, 4.69) is 0 Å². The summed E-state index contributed by atoms with van der Waals surface area (Å²) >= 11 is 0. The van der Waals surface area contributed by atoms with Crippen molar-refractivity contribution in [2.75, 3.05) is 47.4 Å². The Morgan fingerprint density at radius 3 is 2.58 bits per heavy atom. The van der Waals surface area contributed by atoms with Gasteiger partial charge in [0.1, 0.15) is 5.75 Å². The van der Waals surface area contributed by atoms with Crippen molar-refractivity contribution in [1.29, 1.82) is 0 Å². The molecule has 0 aromatic heterocycles. The molecule has 2 fully saturated rings. The molecule has 2 aliphatic rings. The minimum absolute atomic E-state index is 0.0246. The maximum atomic E-state index is 13.7. The highest BCUT2D eigenvalue weighted by Gasteiger charge is 2.54. The van der Waals surface area contributed by atoms with Crippen LogP contribution < -0.4 is 4.74 Å². The Hall–Kier alpha value is -2.45. The van der Waals surface area contributed by atoms with E-state index in [0.29, 0.717) is 43.9 Å². The van der Waals surface area contributed by atoms with Crippen LogP contribution >= 0.6 is 0 Å². The first kappa shape index (κ1) is 25.2. The molecule has 3 rings (SSSR count). The number of amides is 3. The zero-order chi connectivity index (χ0) is 24.2. The molecule has 2 atom stereocenters. The molecular formula is C25H37N3O5. The van der Waals surface area contributed by atoms with E-state index in [-0.39, 0.29) is 42.6 Å². The smallest absolute Gasteiger partial charge is 0.240 e. The number of likely N-dealkylation sites (N-methyl/N-ethyl adjacent to an activating group) is 1. The predicted molar refractivity (Wildman–Crippen MR) is 125 cm³/mol. The molecule has 182 valence electrons. The van der Waals surface area contributed by atoms with Crippen molar-refractivity contribution in [1.82, 2.24) is 14.7 Å². The molecule has 0 radical (unpaired) electrons. The van der Waals surface area contributed by atoms with Crippen molar-refractivity contribution in [2.24, 2.45) is 5.92 Å². The fourth-order valence-corrected chi connectivity index (χ4v) is 4.95. The van der Waals surface area contributed by atoms with Gasteiger partial charge in [-0.15, -0.1) is 0 Å². The van der Waals surface area contributed by atoms with Crippen LogP contribution in [0, 0.1) is 5.92 Å². The van der Waals surface area contributed by atoms with Gasteiger partial charge in [-0.1, -0.05) is 19.1 Å². The van der Waals surface area contributed by atoms with Crippen LogP contribution in [0.5, 0.6) is 5.75 Å². The van der Waals surface area contributed by atoms with Crippen molar-refractivity contribution >= 4 is 17.7 Å². The van der Waals surface area contributed by atoms with E-state index in [1.165, 1.54) is 4.90 Å². The van der Waals surface area contributed by atoms with E-state index >= 15 is 0 Å². The number of likely N-dealkylation sites (tertiary alicyclic amines) is 2. The van der Waals surface area contributed by atoms with E-state index in [1.807, 2.05) is 25.9 Å². The van der Waals surface area contributed by atoms with Crippen molar-refractivity contribution in [3.63, 3.8) is 0 Å². The first-order valence-corrected chi connectivity index (χ1v) is 11.8. The normalized spacial score (nSPS) is 22.8. The third-order valence-electron chi connectivity index (χ3n) is 7.11. The molecule has 0 spiro atoms. The summed E-state index contributed by atoms with van der Waals surface area (Å²) in [6, 6.07) is 7.14. The molecule has 2 aliphatic heterocycles. The molecule has 3 amide bonds. The number of nitrogens with zero attached hydrogens (tertiary/aromatic N) is 3. The van der Waals surface area contributed by atoms with Crippen molar-refractivity contribution in [3.8, 4) is 5.75 Å². The van der Waals surface area contributed by atoms with Gasteiger partial charge in [-0.05, 0) is 57.0 Å². The highest BCUT2D eigenvalue weighted by atomic mass is 16.5. The molecule has 2 heterocycles. The Labute approximate surface area is 196 Å². The van der Waals surface area contributed by atoms with Crippen LogP contribution in [0.1, 0.15) is 44.6 Å². The van der Waals surface area contributed by atoms with Gasteiger partial charge in [-0.3, -0.25) is 19.3 Å². The van der Waals surface area contributed by atoms with Gasteiger partial charge in [0.05, 0.1) is 18.6 Å². The minimum Gasteiger partial charge on any atom is -0.497 e. The zero-order valence-electron chi connectivity index (χ0n) is 20.2. The summed E-state index contributed by atoms with van der Waals surface area (Å²) in [5.41, 5.74) is -0.591. The number of rotatable bonds is 9. The molecule has 0 aliphatic carbocycles. The molecular weight excluding hydrogens is 422 g/mol. The fourth-order valence-electron chi connectivity index (χ4n) is 4.95. The molecule has 0 saturated carbocycles. The van der Waals surface area contributed by atoms with Gasteiger partial charge >= 0.3 is 0 Å². The van der Waals surface area contributed by atoms with Crippen molar-refractivity contribution in [2.45, 2.75) is 50.5 Å². The fraction of sp³-hybridized carbons (Fsp3) is 0.640.